The van der Waals surface area contributed by atoms with Gasteiger partial charge in [0.15, 0.2) is 0 Å². The molecular formula is C18H21N5OS. The molecule has 1 aliphatic carbocycles. The molecule has 0 radical (unpaired) electrons. The van der Waals surface area contributed by atoms with Gasteiger partial charge in [-0.25, -0.2) is 9.97 Å². The van der Waals surface area contributed by atoms with Crippen molar-refractivity contribution in [2.45, 2.75) is 31.9 Å². The summed E-state index contributed by atoms with van der Waals surface area (Å²) in [5.74, 6) is 2.98. The molecule has 1 aliphatic heterocycles. The first-order valence-corrected chi connectivity index (χ1v) is 9.71. The number of aromatic nitrogens is 4. The summed E-state index contributed by atoms with van der Waals surface area (Å²) in [4.78, 5) is 12.8. The van der Waals surface area contributed by atoms with Crippen LogP contribution in [0.2, 0.25) is 0 Å². The van der Waals surface area contributed by atoms with E-state index in [2.05, 4.69) is 26.4 Å². The van der Waals surface area contributed by atoms with Crippen molar-refractivity contribution in [1.82, 2.24) is 19.7 Å². The second-order valence-corrected chi connectivity index (χ2v) is 8.15. The van der Waals surface area contributed by atoms with E-state index < -0.39 is 0 Å². The predicted molar refractivity (Wildman–Crippen MR) is 97.8 cm³/mol. The number of anilines is 1. The van der Waals surface area contributed by atoms with E-state index in [-0.39, 0.29) is 12.1 Å². The first-order valence-electron chi connectivity index (χ1n) is 8.83. The Morgan fingerprint density at radius 2 is 2.04 bits per heavy atom. The first kappa shape index (κ1) is 15.3. The Morgan fingerprint density at radius 1 is 1.20 bits per heavy atom. The molecule has 25 heavy (non-hydrogen) atoms. The molecule has 130 valence electrons. The SMILES string of the molecule is Cc1nc(N2C[C@H]3C[C@@H](n4cccn4)[C@H](O)C[C@H]3C2)c2ccsc2n1. The largest absolute Gasteiger partial charge is 0.391 e. The van der Waals surface area contributed by atoms with Gasteiger partial charge in [0.2, 0.25) is 0 Å². The highest BCUT2D eigenvalue weighted by Gasteiger charge is 2.43. The van der Waals surface area contributed by atoms with Crippen molar-refractivity contribution < 1.29 is 5.11 Å². The molecule has 3 aromatic rings. The maximum absolute atomic E-state index is 10.6. The molecule has 1 saturated carbocycles. The Morgan fingerprint density at radius 3 is 2.84 bits per heavy atom. The molecule has 6 nitrogen and oxygen atoms in total. The van der Waals surface area contributed by atoms with Gasteiger partial charge in [-0.1, -0.05) is 0 Å². The average molecular weight is 355 g/mol. The molecule has 7 heteroatoms. The third kappa shape index (κ3) is 2.53. The van der Waals surface area contributed by atoms with E-state index in [0.717, 1.165) is 47.8 Å². The molecule has 1 N–H and O–H groups in total. The van der Waals surface area contributed by atoms with E-state index in [9.17, 15) is 5.11 Å². The zero-order chi connectivity index (χ0) is 17.0. The zero-order valence-corrected chi connectivity index (χ0v) is 14.9. The van der Waals surface area contributed by atoms with Crippen molar-refractivity contribution in [3.63, 3.8) is 0 Å². The molecule has 3 aromatic heterocycles. The van der Waals surface area contributed by atoms with Crippen molar-refractivity contribution in [3.05, 3.63) is 35.7 Å². The molecule has 2 aliphatic rings. The molecule has 5 rings (SSSR count). The van der Waals surface area contributed by atoms with Gasteiger partial charge in [-0.05, 0) is 49.1 Å². The van der Waals surface area contributed by atoms with Gasteiger partial charge in [0.25, 0.3) is 0 Å². The fraction of sp³-hybridized carbons (Fsp3) is 0.500. The number of aliphatic hydroxyl groups excluding tert-OH is 1. The Balaban J connectivity index is 1.43. The summed E-state index contributed by atoms with van der Waals surface area (Å²) in [5, 5.41) is 18.2. The topological polar surface area (TPSA) is 67.1 Å². The summed E-state index contributed by atoms with van der Waals surface area (Å²) in [6, 6.07) is 4.14. The summed E-state index contributed by atoms with van der Waals surface area (Å²) in [7, 11) is 0. The van der Waals surface area contributed by atoms with E-state index in [1.807, 2.05) is 23.9 Å². The smallest absolute Gasteiger partial charge is 0.141 e. The monoisotopic (exact) mass is 355 g/mol. The number of aliphatic hydroxyl groups is 1. The average Bonchev–Trinajstić information content (AvgIpc) is 3.32. The van der Waals surface area contributed by atoms with Crippen LogP contribution in [0.25, 0.3) is 10.2 Å². The van der Waals surface area contributed by atoms with E-state index in [0.29, 0.717) is 11.8 Å². The van der Waals surface area contributed by atoms with E-state index in [1.165, 1.54) is 0 Å². The van der Waals surface area contributed by atoms with Crippen molar-refractivity contribution in [2.24, 2.45) is 11.8 Å². The molecule has 0 unspecified atom stereocenters. The lowest BCUT2D eigenvalue weighted by Crippen LogP contribution is -2.36. The number of thiophene rings is 1. The molecule has 1 saturated heterocycles. The Labute approximate surface area is 150 Å². The standard InChI is InChI=1S/C18H21N5OS/c1-11-20-17(14-3-6-25-18(14)21-11)22-9-12-7-15(23-5-2-4-19-23)16(24)8-13(12)10-22/h2-6,12-13,15-16,24H,7-10H2,1H3/t12-,13+,15-,16-/m1/s1. The number of nitrogens with zero attached hydrogens (tertiary/aromatic N) is 5. The van der Waals surface area contributed by atoms with Crippen LogP contribution in [0.4, 0.5) is 5.82 Å². The maximum atomic E-state index is 10.6. The summed E-state index contributed by atoms with van der Waals surface area (Å²) < 4.78 is 1.93. The van der Waals surface area contributed by atoms with Crippen LogP contribution in [0.1, 0.15) is 24.7 Å². The molecule has 2 fully saturated rings. The number of aryl methyl sites for hydroxylation is 1. The number of hydrogen-bond acceptors (Lipinski definition) is 6. The number of hydrogen-bond donors (Lipinski definition) is 1. The van der Waals surface area contributed by atoms with Gasteiger partial charge in [0.1, 0.15) is 16.5 Å². The van der Waals surface area contributed by atoms with Crippen LogP contribution in [0.5, 0.6) is 0 Å². The number of fused-ring (bicyclic) bond motifs is 2. The van der Waals surface area contributed by atoms with Gasteiger partial charge in [0, 0.05) is 25.5 Å². The van der Waals surface area contributed by atoms with Crippen molar-refractivity contribution in [2.75, 3.05) is 18.0 Å². The lowest BCUT2D eigenvalue weighted by Gasteiger charge is -2.35. The molecule has 0 aromatic carbocycles. The zero-order valence-electron chi connectivity index (χ0n) is 14.1. The van der Waals surface area contributed by atoms with Crippen LogP contribution >= 0.6 is 11.3 Å². The van der Waals surface area contributed by atoms with Gasteiger partial charge in [-0.15, -0.1) is 11.3 Å². The lowest BCUT2D eigenvalue weighted by atomic mass is 9.77. The van der Waals surface area contributed by atoms with Crippen molar-refractivity contribution in [3.8, 4) is 0 Å². The summed E-state index contributed by atoms with van der Waals surface area (Å²) in [6.07, 6.45) is 5.23. The minimum Gasteiger partial charge on any atom is -0.391 e. The van der Waals surface area contributed by atoms with Gasteiger partial charge in [0.05, 0.1) is 17.5 Å². The molecule has 4 atom stereocenters. The quantitative estimate of drug-likeness (QED) is 0.765. The second-order valence-electron chi connectivity index (χ2n) is 7.25. The van der Waals surface area contributed by atoms with Crippen molar-refractivity contribution in [1.29, 1.82) is 0 Å². The fourth-order valence-electron chi connectivity index (χ4n) is 4.53. The predicted octanol–water partition coefficient (Wildman–Crippen LogP) is 2.64. The summed E-state index contributed by atoms with van der Waals surface area (Å²) in [6.45, 7) is 3.93. The maximum Gasteiger partial charge on any atom is 0.141 e. The summed E-state index contributed by atoms with van der Waals surface area (Å²) in [5.41, 5.74) is 0. The molecule has 4 heterocycles. The van der Waals surface area contributed by atoms with Gasteiger partial charge < -0.3 is 10.0 Å². The Hall–Kier alpha value is -1.99. The Kier molecular flexibility index (Phi) is 3.53. The van der Waals surface area contributed by atoms with Gasteiger partial charge in [-0.2, -0.15) is 5.10 Å². The molecule has 0 bridgehead atoms. The molecule has 0 amide bonds. The highest BCUT2D eigenvalue weighted by atomic mass is 32.1. The van der Waals surface area contributed by atoms with Crippen LogP contribution in [0.3, 0.4) is 0 Å². The second kappa shape index (κ2) is 5.78. The highest BCUT2D eigenvalue weighted by Crippen LogP contribution is 2.43. The van der Waals surface area contributed by atoms with Crippen LogP contribution in [0.15, 0.2) is 29.9 Å². The van der Waals surface area contributed by atoms with Crippen LogP contribution in [0, 0.1) is 18.8 Å². The van der Waals surface area contributed by atoms with E-state index >= 15 is 0 Å². The van der Waals surface area contributed by atoms with Gasteiger partial charge >= 0.3 is 0 Å². The fourth-order valence-corrected chi connectivity index (χ4v) is 5.33. The first-order chi connectivity index (χ1) is 12.2. The molecule has 0 spiro atoms. The third-order valence-electron chi connectivity index (χ3n) is 5.69. The number of rotatable bonds is 2. The third-order valence-corrected chi connectivity index (χ3v) is 6.50. The molecular weight excluding hydrogens is 334 g/mol. The van der Waals surface area contributed by atoms with E-state index in [1.54, 1.807) is 17.5 Å². The van der Waals surface area contributed by atoms with Crippen LogP contribution < -0.4 is 4.90 Å². The van der Waals surface area contributed by atoms with Crippen LogP contribution in [-0.4, -0.2) is 44.0 Å². The normalized spacial score (nSPS) is 29.3. The summed E-state index contributed by atoms with van der Waals surface area (Å²) >= 11 is 1.67. The van der Waals surface area contributed by atoms with Crippen LogP contribution in [-0.2, 0) is 0 Å². The Bertz CT molecular complexity index is 892. The van der Waals surface area contributed by atoms with Crippen molar-refractivity contribution >= 4 is 27.4 Å². The minimum atomic E-state index is -0.325. The van der Waals surface area contributed by atoms with Gasteiger partial charge in [-0.3, -0.25) is 4.68 Å². The lowest BCUT2D eigenvalue weighted by molar-refractivity contribution is 0.0306. The minimum absolute atomic E-state index is 0.0875. The van der Waals surface area contributed by atoms with E-state index in [4.69, 9.17) is 4.98 Å². The highest BCUT2D eigenvalue weighted by molar-refractivity contribution is 7.16.